The van der Waals surface area contributed by atoms with E-state index in [-0.39, 0.29) is 5.78 Å². The number of rotatable bonds is 0. The van der Waals surface area contributed by atoms with Crippen molar-refractivity contribution in [2.75, 3.05) is 13.1 Å². The fraction of sp³-hybridized carbons (Fsp3) is 0.167. The number of carbonyl (C=O) groups is 1. The van der Waals surface area contributed by atoms with E-state index in [4.69, 9.17) is 0 Å². The molecule has 0 saturated heterocycles. The Morgan fingerprint density at radius 3 is 2.94 bits per heavy atom. The van der Waals surface area contributed by atoms with Gasteiger partial charge in [-0.05, 0) is 11.8 Å². The molecule has 4 heteroatoms. The molecule has 2 aliphatic heterocycles. The van der Waals surface area contributed by atoms with E-state index in [1.54, 1.807) is 0 Å². The first kappa shape index (κ1) is 8.58. The minimum absolute atomic E-state index is 0.160. The van der Waals surface area contributed by atoms with Gasteiger partial charge in [0.1, 0.15) is 0 Å². The number of aliphatic imine (C=N–C) groups is 1. The lowest BCUT2D eigenvalue weighted by molar-refractivity contribution is 0.104. The number of benzene rings is 1. The maximum atomic E-state index is 12.1. The molecule has 3 nitrogen and oxygen atoms in total. The van der Waals surface area contributed by atoms with Crippen LogP contribution in [0, 0.1) is 0 Å². The van der Waals surface area contributed by atoms with Crippen molar-refractivity contribution in [1.29, 1.82) is 0 Å². The molecule has 3 aliphatic rings. The smallest absolute Gasteiger partial charge is 0.202 e. The third-order valence-electron chi connectivity index (χ3n) is 3.11. The van der Waals surface area contributed by atoms with Crippen LogP contribution in [0.3, 0.4) is 0 Å². The molecule has 0 N–H and O–H groups in total. The molecule has 1 aromatic rings. The van der Waals surface area contributed by atoms with E-state index in [0.717, 1.165) is 40.0 Å². The zero-order valence-corrected chi connectivity index (χ0v) is 9.25. The number of hydrogen-bond acceptors (Lipinski definition) is 4. The minimum Gasteiger partial charge on any atom is -0.317 e. The Morgan fingerprint density at radius 2 is 2.06 bits per heavy atom. The normalized spacial score (nSPS) is 21.1. The molecule has 0 aromatic heterocycles. The molecule has 0 saturated carbocycles. The summed E-state index contributed by atoms with van der Waals surface area (Å²) in [7, 11) is 0. The highest BCUT2D eigenvalue weighted by molar-refractivity contribution is 8.18. The predicted octanol–water partition coefficient (Wildman–Crippen LogP) is 1.97. The summed E-state index contributed by atoms with van der Waals surface area (Å²) in [5.74, 6) is 0.160. The molecule has 2 heterocycles. The summed E-state index contributed by atoms with van der Waals surface area (Å²) in [5, 5.41) is 0.993. The Labute approximate surface area is 96.9 Å². The average molecular weight is 228 g/mol. The van der Waals surface area contributed by atoms with E-state index in [0.29, 0.717) is 0 Å². The third kappa shape index (κ3) is 0.865. The summed E-state index contributed by atoms with van der Waals surface area (Å²) in [5.41, 5.74) is 3.00. The average Bonchev–Trinajstić information content (AvgIpc) is 2.92. The molecular weight excluding hydrogens is 220 g/mol. The highest BCUT2D eigenvalue weighted by atomic mass is 32.2. The SMILES string of the molecule is O=C1C2=C(c3ccccc31)N1CCN=C1S2. The summed E-state index contributed by atoms with van der Waals surface area (Å²) < 4.78 is 0. The quantitative estimate of drug-likeness (QED) is 0.680. The van der Waals surface area contributed by atoms with Crippen LogP contribution in [0.25, 0.3) is 5.70 Å². The Bertz CT molecular complexity index is 588. The monoisotopic (exact) mass is 228 g/mol. The van der Waals surface area contributed by atoms with Crippen molar-refractivity contribution >= 4 is 28.4 Å². The highest BCUT2D eigenvalue weighted by Gasteiger charge is 2.42. The van der Waals surface area contributed by atoms with Gasteiger partial charge >= 0.3 is 0 Å². The van der Waals surface area contributed by atoms with Gasteiger partial charge < -0.3 is 4.90 Å². The standard InChI is InChI=1S/C12H8N2OS/c15-10-8-4-2-1-3-7(8)9-11(10)16-12-13-5-6-14(9)12/h1-4H,5-6H2. The van der Waals surface area contributed by atoms with Crippen molar-refractivity contribution in [3.05, 3.63) is 40.3 Å². The lowest BCUT2D eigenvalue weighted by Crippen LogP contribution is -2.19. The molecule has 0 atom stereocenters. The number of fused-ring (bicyclic) bond motifs is 4. The number of carbonyl (C=O) groups excluding carboxylic acids is 1. The van der Waals surface area contributed by atoms with Gasteiger partial charge in [0, 0.05) is 17.7 Å². The van der Waals surface area contributed by atoms with E-state index >= 15 is 0 Å². The van der Waals surface area contributed by atoms with Crippen molar-refractivity contribution in [3.8, 4) is 0 Å². The molecule has 78 valence electrons. The van der Waals surface area contributed by atoms with E-state index in [9.17, 15) is 4.79 Å². The molecule has 4 rings (SSSR count). The summed E-state index contributed by atoms with van der Waals surface area (Å²) in [4.78, 5) is 19.6. The van der Waals surface area contributed by atoms with Crippen molar-refractivity contribution in [2.45, 2.75) is 0 Å². The zero-order chi connectivity index (χ0) is 10.7. The van der Waals surface area contributed by atoms with Crippen LogP contribution in [0.5, 0.6) is 0 Å². The Hall–Kier alpha value is -1.55. The topological polar surface area (TPSA) is 32.7 Å². The maximum absolute atomic E-state index is 12.1. The summed E-state index contributed by atoms with van der Waals surface area (Å²) in [6.45, 7) is 1.75. The van der Waals surface area contributed by atoms with Crippen LogP contribution in [-0.2, 0) is 0 Å². The minimum atomic E-state index is 0.160. The number of nitrogens with zero attached hydrogens (tertiary/aromatic N) is 2. The van der Waals surface area contributed by atoms with Gasteiger partial charge in [0.2, 0.25) is 5.78 Å². The van der Waals surface area contributed by atoms with E-state index in [2.05, 4.69) is 9.89 Å². The molecule has 0 amide bonds. The second-order valence-corrected chi connectivity index (χ2v) is 4.95. The molecule has 0 bridgehead atoms. The zero-order valence-electron chi connectivity index (χ0n) is 8.43. The number of amidine groups is 1. The molecule has 1 aromatic carbocycles. The van der Waals surface area contributed by atoms with E-state index in [1.807, 2.05) is 24.3 Å². The van der Waals surface area contributed by atoms with Gasteiger partial charge in [0.25, 0.3) is 0 Å². The van der Waals surface area contributed by atoms with Gasteiger partial charge in [0.15, 0.2) is 5.17 Å². The Kier molecular flexibility index (Phi) is 1.48. The second kappa shape index (κ2) is 2.77. The van der Waals surface area contributed by atoms with Crippen molar-refractivity contribution in [3.63, 3.8) is 0 Å². The number of thioether (sulfide) groups is 1. The number of allylic oxidation sites excluding steroid dienone is 1. The van der Waals surface area contributed by atoms with Gasteiger partial charge in [0.05, 0.1) is 17.1 Å². The van der Waals surface area contributed by atoms with Gasteiger partial charge in [-0.25, -0.2) is 0 Å². The maximum Gasteiger partial charge on any atom is 0.202 e. The molecule has 0 unspecified atom stereocenters. The first-order valence-corrected chi connectivity index (χ1v) is 6.06. The first-order chi connectivity index (χ1) is 7.86. The fourth-order valence-corrected chi connectivity index (χ4v) is 3.57. The summed E-state index contributed by atoms with van der Waals surface area (Å²) >= 11 is 1.52. The first-order valence-electron chi connectivity index (χ1n) is 5.24. The van der Waals surface area contributed by atoms with Crippen molar-refractivity contribution in [2.24, 2.45) is 4.99 Å². The van der Waals surface area contributed by atoms with Crippen LogP contribution in [0.4, 0.5) is 0 Å². The van der Waals surface area contributed by atoms with Crippen LogP contribution in [0.2, 0.25) is 0 Å². The lowest BCUT2D eigenvalue weighted by atomic mass is 10.1. The van der Waals surface area contributed by atoms with Crippen LogP contribution >= 0.6 is 11.8 Å². The number of hydrogen-bond donors (Lipinski definition) is 0. The van der Waals surface area contributed by atoms with E-state index in [1.165, 1.54) is 11.8 Å². The van der Waals surface area contributed by atoms with Crippen molar-refractivity contribution in [1.82, 2.24) is 4.90 Å². The molecule has 16 heavy (non-hydrogen) atoms. The molecular formula is C12H8N2OS. The second-order valence-electron chi connectivity index (χ2n) is 3.97. The molecule has 1 aliphatic carbocycles. The third-order valence-corrected chi connectivity index (χ3v) is 4.23. The largest absolute Gasteiger partial charge is 0.317 e. The number of ketones is 1. The van der Waals surface area contributed by atoms with Crippen LogP contribution in [0.15, 0.2) is 34.2 Å². The highest BCUT2D eigenvalue weighted by Crippen LogP contribution is 2.48. The van der Waals surface area contributed by atoms with Crippen molar-refractivity contribution < 1.29 is 4.79 Å². The predicted molar refractivity (Wildman–Crippen MR) is 64.3 cm³/mol. The fourth-order valence-electron chi connectivity index (χ4n) is 2.42. The molecule has 0 radical (unpaired) electrons. The van der Waals surface area contributed by atoms with E-state index < -0.39 is 0 Å². The van der Waals surface area contributed by atoms with Gasteiger partial charge in [-0.15, -0.1) is 0 Å². The molecule has 0 spiro atoms. The number of Topliss-reactive ketones (excluding diaryl/α,β-unsaturated/α-hetero) is 1. The van der Waals surface area contributed by atoms with Gasteiger partial charge in [-0.2, -0.15) is 0 Å². The summed E-state index contributed by atoms with van der Waals surface area (Å²) in [6.07, 6.45) is 0. The van der Waals surface area contributed by atoms with Crippen LogP contribution < -0.4 is 0 Å². The Morgan fingerprint density at radius 1 is 1.25 bits per heavy atom. The summed E-state index contributed by atoms with van der Waals surface area (Å²) in [6, 6.07) is 7.83. The van der Waals surface area contributed by atoms with Gasteiger partial charge in [-0.1, -0.05) is 24.3 Å². The lowest BCUT2D eigenvalue weighted by Gasteiger charge is -2.15. The molecule has 0 fully saturated rings. The van der Waals surface area contributed by atoms with Crippen LogP contribution in [-0.4, -0.2) is 28.9 Å². The Balaban J connectivity index is 1.97. The van der Waals surface area contributed by atoms with Crippen LogP contribution in [0.1, 0.15) is 15.9 Å². The van der Waals surface area contributed by atoms with Gasteiger partial charge in [-0.3, -0.25) is 9.79 Å².